The molecule has 1 amide bonds. The number of hydrogen-bond acceptors (Lipinski definition) is 2. The predicted octanol–water partition coefficient (Wildman–Crippen LogP) is 2.64. The lowest BCUT2D eigenvalue weighted by atomic mass is 10.0. The zero-order valence-electron chi connectivity index (χ0n) is 11.9. The van der Waals surface area contributed by atoms with E-state index in [2.05, 4.69) is 26.1 Å². The molecule has 1 aromatic rings. The van der Waals surface area contributed by atoms with Crippen molar-refractivity contribution >= 4 is 11.6 Å². The quantitative estimate of drug-likeness (QED) is 0.816. The van der Waals surface area contributed by atoms with Crippen molar-refractivity contribution in [1.82, 2.24) is 9.88 Å². The fourth-order valence-electron chi connectivity index (χ4n) is 1.93. The number of carbonyl (C=O) groups is 1. The molecule has 0 aromatic carbocycles. The molecular weight excluding hydrogens is 226 g/mol. The van der Waals surface area contributed by atoms with Crippen LogP contribution >= 0.6 is 0 Å². The average molecular weight is 251 g/mol. The van der Waals surface area contributed by atoms with Gasteiger partial charge in [0.2, 0.25) is 0 Å². The predicted molar refractivity (Wildman–Crippen MR) is 75.5 cm³/mol. The molecule has 1 heterocycles. The van der Waals surface area contributed by atoms with Gasteiger partial charge in [0.05, 0.1) is 5.69 Å². The highest BCUT2D eigenvalue weighted by atomic mass is 16.2. The molecule has 0 fully saturated rings. The summed E-state index contributed by atoms with van der Waals surface area (Å²) in [5, 5.41) is 3.04. The summed E-state index contributed by atoms with van der Waals surface area (Å²) < 4.78 is 1.92. The maximum Gasteiger partial charge on any atom is 0.268 e. The Hall–Kier alpha value is -1.45. The zero-order chi connectivity index (χ0) is 13.7. The van der Waals surface area contributed by atoms with Crippen LogP contribution in [0, 0.1) is 5.92 Å². The highest BCUT2D eigenvalue weighted by Crippen LogP contribution is 2.13. The highest BCUT2D eigenvalue weighted by Gasteiger charge is 2.17. The summed E-state index contributed by atoms with van der Waals surface area (Å²) in [4.78, 5) is 12.2. The summed E-state index contributed by atoms with van der Waals surface area (Å²) in [6.07, 6.45) is 3.86. The monoisotopic (exact) mass is 251 g/mol. The van der Waals surface area contributed by atoms with Crippen LogP contribution in [0.1, 0.15) is 51.0 Å². The average Bonchev–Trinajstić information content (AvgIpc) is 2.69. The van der Waals surface area contributed by atoms with Crippen molar-refractivity contribution in [3.8, 4) is 0 Å². The SMILES string of the molecule is CCCn1cc(N)cc1C(=O)NC(C)C(C)CC. The van der Waals surface area contributed by atoms with Gasteiger partial charge in [-0.05, 0) is 25.3 Å². The third-order valence-corrected chi connectivity index (χ3v) is 3.47. The van der Waals surface area contributed by atoms with Crippen molar-refractivity contribution in [3.63, 3.8) is 0 Å². The first-order chi connectivity index (χ1) is 8.49. The van der Waals surface area contributed by atoms with Crippen LogP contribution in [-0.2, 0) is 6.54 Å². The molecule has 4 nitrogen and oxygen atoms in total. The minimum atomic E-state index is -0.0343. The second-order valence-corrected chi connectivity index (χ2v) is 5.00. The van der Waals surface area contributed by atoms with Crippen molar-refractivity contribution in [3.05, 3.63) is 18.0 Å². The molecule has 0 aliphatic rings. The van der Waals surface area contributed by atoms with E-state index in [1.165, 1.54) is 0 Å². The van der Waals surface area contributed by atoms with Crippen LogP contribution in [0.25, 0.3) is 0 Å². The molecule has 102 valence electrons. The first-order valence-corrected chi connectivity index (χ1v) is 6.76. The Labute approximate surface area is 110 Å². The van der Waals surface area contributed by atoms with Crippen LogP contribution in [0.2, 0.25) is 0 Å². The first-order valence-electron chi connectivity index (χ1n) is 6.76. The maximum absolute atomic E-state index is 12.2. The Balaban J connectivity index is 2.77. The fourth-order valence-corrected chi connectivity index (χ4v) is 1.93. The third-order valence-electron chi connectivity index (χ3n) is 3.47. The number of hydrogen-bond donors (Lipinski definition) is 2. The van der Waals surface area contributed by atoms with Gasteiger partial charge in [-0.1, -0.05) is 27.2 Å². The molecule has 4 heteroatoms. The van der Waals surface area contributed by atoms with Gasteiger partial charge in [-0.25, -0.2) is 0 Å². The Kier molecular flexibility index (Phi) is 5.25. The lowest BCUT2D eigenvalue weighted by molar-refractivity contribution is 0.0918. The molecule has 1 aromatic heterocycles. The number of nitrogens with one attached hydrogen (secondary N) is 1. The van der Waals surface area contributed by atoms with Gasteiger partial charge in [-0.3, -0.25) is 4.79 Å². The van der Waals surface area contributed by atoms with Gasteiger partial charge in [0.1, 0.15) is 5.69 Å². The molecule has 0 saturated heterocycles. The van der Waals surface area contributed by atoms with E-state index >= 15 is 0 Å². The van der Waals surface area contributed by atoms with E-state index in [-0.39, 0.29) is 11.9 Å². The van der Waals surface area contributed by atoms with Gasteiger partial charge >= 0.3 is 0 Å². The molecule has 18 heavy (non-hydrogen) atoms. The molecular formula is C14H25N3O. The van der Waals surface area contributed by atoms with E-state index < -0.39 is 0 Å². The maximum atomic E-state index is 12.2. The number of anilines is 1. The molecule has 0 spiro atoms. The topological polar surface area (TPSA) is 60.0 Å². The van der Waals surface area contributed by atoms with Crippen molar-refractivity contribution < 1.29 is 4.79 Å². The number of amides is 1. The van der Waals surface area contributed by atoms with Gasteiger partial charge in [-0.2, -0.15) is 0 Å². The van der Waals surface area contributed by atoms with Gasteiger partial charge in [-0.15, -0.1) is 0 Å². The van der Waals surface area contributed by atoms with Crippen LogP contribution in [0.3, 0.4) is 0 Å². The molecule has 1 rings (SSSR count). The molecule has 0 aliphatic carbocycles. The fraction of sp³-hybridized carbons (Fsp3) is 0.643. The largest absolute Gasteiger partial charge is 0.397 e. The van der Waals surface area contributed by atoms with Crippen LogP contribution in [0.15, 0.2) is 12.3 Å². The van der Waals surface area contributed by atoms with E-state index in [0.29, 0.717) is 17.3 Å². The summed E-state index contributed by atoms with van der Waals surface area (Å²) >= 11 is 0. The van der Waals surface area contributed by atoms with Crippen molar-refractivity contribution in [2.75, 3.05) is 5.73 Å². The van der Waals surface area contributed by atoms with Crippen LogP contribution in [0.5, 0.6) is 0 Å². The number of aromatic nitrogens is 1. The Morgan fingerprint density at radius 1 is 1.44 bits per heavy atom. The highest BCUT2D eigenvalue weighted by molar-refractivity contribution is 5.94. The number of aryl methyl sites for hydroxylation is 1. The van der Waals surface area contributed by atoms with Gasteiger partial charge in [0, 0.05) is 18.8 Å². The standard InChI is InChI=1S/C14H25N3O/c1-5-7-17-9-12(15)8-13(17)14(18)16-11(4)10(3)6-2/h8-11H,5-7,15H2,1-4H3,(H,16,18). The van der Waals surface area contributed by atoms with E-state index in [1.54, 1.807) is 6.07 Å². The lowest BCUT2D eigenvalue weighted by Crippen LogP contribution is -2.37. The molecule has 0 radical (unpaired) electrons. The van der Waals surface area contributed by atoms with Crippen LogP contribution in [-0.4, -0.2) is 16.5 Å². The van der Waals surface area contributed by atoms with E-state index in [0.717, 1.165) is 19.4 Å². The normalized spacial score (nSPS) is 14.2. The lowest BCUT2D eigenvalue weighted by Gasteiger charge is -2.20. The van der Waals surface area contributed by atoms with E-state index in [9.17, 15) is 4.79 Å². The van der Waals surface area contributed by atoms with Gasteiger partial charge in [0.15, 0.2) is 0 Å². The van der Waals surface area contributed by atoms with Crippen molar-refractivity contribution in [2.24, 2.45) is 5.92 Å². The number of nitrogens with two attached hydrogens (primary N) is 1. The van der Waals surface area contributed by atoms with Gasteiger partial charge in [0.25, 0.3) is 5.91 Å². The van der Waals surface area contributed by atoms with Crippen molar-refractivity contribution in [2.45, 2.75) is 53.1 Å². The minimum Gasteiger partial charge on any atom is -0.397 e. The summed E-state index contributed by atoms with van der Waals surface area (Å²) in [5.74, 6) is 0.439. The first kappa shape index (κ1) is 14.6. The third kappa shape index (κ3) is 3.52. The van der Waals surface area contributed by atoms with Crippen molar-refractivity contribution in [1.29, 1.82) is 0 Å². The summed E-state index contributed by atoms with van der Waals surface area (Å²) in [5.41, 5.74) is 7.06. The van der Waals surface area contributed by atoms with E-state index in [4.69, 9.17) is 5.73 Å². The second-order valence-electron chi connectivity index (χ2n) is 5.00. The van der Waals surface area contributed by atoms with Crippen LogP contribution < -0.4 is 11.1 Å². The smallest absolute Gasteiger partial charge is 0.268 e. The second kappa shape index (κ2) is 6.47. The van der Waals surface area contributed by atoms with Gasteiger partial charge < -0.3 is 15.6 Å². The number of rotatable bonds is 6. The Bertz CT molecular complexity index is 398. The summed E-state index contributed by atoms with van der Waals surface area (Å²) in [6.45, 7) is 9.22. The number of nitrogen functional groups attached to an aromatic ring is 1. The minimum absolute atomic E-state index is 0.0343. The molecule has 0 bridgehead atoms. The number of nitrogens with zero attached hydrogens (tertiary/aromatic N) is 1. The Morgan fingerprint density at radius 3 is 2.67 bits per heavy atom. The molecule has 0 aliphatic heterocycles. The molecule has 2 unspecified atom stereocenters. The number of carbonyl (C=O) groups excluding carboxylic acids is 1. The van der Waals surface area contributed by atoms with Crippen LogP contribution in [0.4, 0.5) is 5.69 Å². The Morgan fingerprint density at radius 2 is 2.11 bits per heavy atom. The molecule has 3 N–H and O–H groups in total. The summed E-state index contributed by atoms with van der Waals surface area (Å²) in [7, 11) is 0. The zero-order valence-corrected chi connectivity index (χ0v) is 11.9. The molecule has 0 saturated carbocycles. The summed E-state index contributed by atoms with van der Waals surface area (Å²) in [6, 6.07) is 1.92. The van der Waals surface area contributed by atoms with E-state index in [1.807, 2.05) is 17.7 Å². The molecule has 2 atom stereocenters.